The Balaban J connectivity index is 1.97. The average Bonchev–Trinajstić information content (AvgIpc) is 3.03. The van der Waals surface area contributed by atoms with Gasteiger partial charge in [0.2, 0.25) is 0 Å². The third kappa shape index (κ3) is 2.38. The molecule has 2 fully saturated rings. The molecular formula is C17H25NO. The number of hydrogen-bond donors (Lipinski definition) is 0. The molecular weight excluding hydrogens is 234 g/mol. The van der Waals surface area contributed by atoms with Crippen molar-refractivity contribution in [2.24, 2.45) is 0 Å². The SMILES string of the molecule is COc1cccc(C2(N3CCCC3)CCCCC2)c1. The highest BCUT2D eigenvalue weighted by Crippen LogP contribution is 2.44. The molecule has 1 heterocycles. The predicted molar refractivity (Wildman–Crippen MR) is 78.6 cm³/mol. The third-order valence-electron chi connectivity index (χ3n) is 5.00. The van der Waals surface area contributed by atoms with E-state index in [9.17, 15) is 0 Å². The van der Waals surface area contributed by atoms with Crippen LogP contribution in [0.3, 0.4) is 0 Å². The van der Waals surface area contributed by atoms with E-state index in [2.05, 4.69) is 29.2 Å². The molecule has 2 aliphatic rings. The van der Waals surface area contributed by atoms with Crippen molar-refractivity contribution in [3.8, 4) is 5.75 Å². The molecule has 1 aliphatic heterocycles. The first-order valence-electron chi connectivity index (χ1n) is 7.75. The van der Waals surface area contributed by atoms with Crippen molar-refractivity contribution < 1.29 is 4.74 Å². The van der Waals surface area contributed by atoms with E-state index in [1.165, 1.54) is 63.6 Å². The largest absolute Gasteiger partial charge is 0.497 e. The van der Waals surface area contributed by atoms with Gasteiger partial charge in [0.1, 0.15) is 5.75 Å². The van der Waals surface area contributed by atoms with Crippen molar-refractivity contribution >= 4 is 0 Å². The van der Waals surface area contributed by atoms with Crippen LogP contribution in [-0.2, 0) is 5.54 Å². The monoisotopic (exact) mass is 259 g/mol. The van der Waals surface area contributed by atoms with Crippen LogP contribution in [0.1, 0.15) is 50.5 Å². The molecule has 1 saturated carbocycles. The second kappa shape index (κ2) is 5.54. The van der Waals surface area contributed by atoms with E-state index in [0.717, 1.165) is 5.75 Å². The zero-order chi connectivity index (χ0) is 13.1. The van der Waals surface area contributed by atoms with E-state index in [-0.39, 0.29) is 0 Å². The molecule has 2 nitrogen and oxygen atoms in total. The molecule has 0 aromatic heterocycles. The first kappa shape index (κ1) is 13.0. The number of ether oxygens (including phenoxy) is 1. The molecule has 0 spiro atoms. The second-order valence-corrected chi connectivity index (χ2v) is 6.02. The van der Waals surface area contributed by atoms with E-state index in [1.807, 2.05) is 0 Å². The summed E-state index contributed by atoms with van der Waals surface area (Å²) >= 11 is 0. The standard InChI is InChI=1S/C17H25NO/c1-19-16-9-7-8-15(14-16)17(10-3-2-4-11-17)18-12-5-6-13-18/h7-9,14H,2-6,10-13H2,1H3. The Morgan fingerprint density at radius 2 is 1.74 bits per heavy atom. The van der Waals surface area contributed by atoms with Crippen molar-refractivity contribution in [3.63, 3.8) is 0 Å². The number of benzene rings is 1. The van der Waals surface area contributed by atoms with E-state index in [1.54, 1.807) is 7.11 Å². The number of rotatable bonds is 3. The summed E-state index contributed by atoms with van der Waals surface area (Å²) in [5.41, 5.74) is 1.77. The summed E-state index contributed by atoms with van der Waals surface area (Å²) < 4.78 is 5.43. The van der Waals surface area contributed by atoms with Crippen molar-refractivity contribution in [1.29, 1.82) is 0 Å². The molecule has 104 valence electrons. The van der Waals surface area contributed by atoms with Crippen LogP contribution in [0.2, 0.25) is 0 Å². The molecule has 2 heteroatoms. The fraction of sp³-hybridized carbons (Fsp3) is 0.647. The normalized spacial score (nSPS) is 23.4. The highest BCUT2D eigenvalue weighted by Gasteiger charge is 2.40. The van der Waals surface area contributed by atoms with Gasteiger partial charge in [-0.15, -0.1) is 0 Å². The summed E-state index contributed by atoms with van der Waals surface area (Å²) in [6.07, 6.45) is 9.51. The van der Waals surface area contributed by atoms with Gasteiger partial charge in [-0.1, -0.05) is 31.4 Å². The summed E-state index contributed by atoms with van der Waals surface area (Å²) in [6.45, 7) is 2.55. The van der Waals surface area contributed by atoms with Crippen LogP contribution in [0.5, 0.6) is 5.75 Å². The van der Waals surface area contributed by atoms with Crippen LogP contribution in [0, 0.1) is 0 Å². The van der Waals surface area contributed by atoms with Crippen LogP contribution >= 0.6 is 0 Å². The highest BCUT2D eigenvalue weighted by molar-refractivity contribution is 5.34. The predicted octanol–water partition coefficient (Wildman–Crippen LogP) is 3.95. The average molecular weight is 259 g/mol. The molecule has 0 unspecified atom stereocenters. The summed E-state index contributed by atoms with van der Waals surface area (Å²) in [5.74, 6) is 1.00. The fourth-order valence-corrected chi connectivity index (χ4v) is 3.98. The molecule has 0 radical (unpaired) electrons. The van der Waals surface area contributed by atoms with Gasteiger partial charge in [-0.05, 0) is 56.5 Å². The van der Waals surface area contributed by atoms with Gasteiger partial charge >= 0.3 is 0 Å². The van der Waals surface area contributed by atoms with Gasteiger partial charge in [-0.2, -0.15) is 0 Å². The van der Waals surface area contributed by atoms with Gasteiger partial charge < -0.3 is 4.74 Å². The lowest BCUT2D eigenvalue weighted by molar-refractivity contribution is 0.0703. The maximum Gasteiger partial charge on any atom is 0.119 e. The first-order chi connectivity index (χ1) is 9.35. The van der Waals surface area contributed by atoms with E-state index in [0.29, 0.717) is 5.54 Å². The maximum absolute atomic E-state index is 5.43. The van der Waals surface area contributed by atoms with Gasteiger partial charge in [-0.25, -0.2) is 0 Å². The molecule has 0 N–H and O–H groups in total. The van der Waals surface area contributed by atoms with Crippen molar-refractivity contribution in [2.45, 2.75) is 50.5 Å². The minimum absolute atomic E-state index is 0.295. The molecule has 1 saturated heterocycles. The summed E-state index contributed by atoms with van der Waals surface area (Å²) in [5, 5.41) is 0. The quantitative estimate of drug-likeness (QED) is 0.815. The number of likely N-dealkylation sites (tertiary alicyclic amines) is 1. The minimum Gasteiger partial charge on any atom is -0.497 e. The Morgan fingerprint density at radius 1 is 1.00 bits per heavy atom. The van der Waals surface area contributed by atoms with Crippen molar-refractivity contribution in [2.75, 3.05) is 20.2 Å². The van der Waals surface area contributed by atoms with Gasteiger partial charge in [0.15, 0.2) is 0 Å². The molecule has 1 aromatic carbocycles. The Bertz CT molecular complexity index is 417. The molecule has 19 heavy (non-hydrogen) atoms. The minimum atomic E-state index is 0.295. The highest BCUT2D eigenvalue weighted by atomic mass is 16.5. The Hall–Kier alpha value is -1.02. The third-order valence-corrected chi connectivity index (χ3v) is 5.00. The van der Waals surface area contributed by atoms with Crippen LogP contribution < -0.4 is 4.74 Å². The van der Waals surface area contributed by atoms with Crippen LogP contribution in [-0.4, -0.2) is 25.1 Å². The zero-order valence-electron chi connectivity index (χ0n) is 12.0. The molecule has 0 bridgehead atoms. The lowest BCUT2D eigenvalue weighted by atomic mass is 9.75. The fourth-order valence-electron chi connectivity index (χ4n) is 3.98. The molecule has 0 atom stereocenters. The number of hydrogen-bond acceptors (Lipinski definition) is 2. The number of methoxy groups -OCH3 is 1. The maximum atomic E-state index is 5.43. The smallest absolute Gasteiger partial charge is 0.119 e. The molecule has 1 aromatic rings. The summed E-state index contributed by atoms with van der Waals surface area (Å²) in [6, 6.07) is 8.79. The lowest BCUT2D eigenvalue weighted by Crippen LogP contribution is -2.46. The van der Waals surface area contributed by atoms with Crippen LogP contribution in [0.15, 0.2) is 24.3 Å². The molecule has 0 amide bonds. The zero-order valence-corrected chi connectivity index (χ0v) is 12.0. The Labute approximate surface area is 116 Å². The molecule has 1 aliphatic carbocycles. The Kier molecular flexibility index (Phi) is 3.79. The second-order valence-electron chi connectivity index (χ2n) is 6.02. The van der Waals surface area contributed by atoms with E-state index < -0.39 is 0 Å². The van der Waals surface area contributed by atoms with Gasteiger partial charge in [0, 0.05) is 5.54 Å². The van der Waals surface area contributed by atoms with Gasteiger partial charge in [0.05, 0.1) is 7.11 Å². The summed E-state index contributed by atoms with van der Waals surface area (Å²) in [4.78, 5) is 2.75. The van der Waals surface area contributed by atoms with E-state index in [4.69, 9.17) is 4.74 Å². The summed E-state index contributed by atoms with van der Waals surface area (Å²) in [7, 11) is 1.77. The van der Waals surface area contributed by atoms with Gasteiger partial charge in [-0.3, -0.25) is 4.90 Å². The van der Waals surface area contributed by atoms with Crippen LogP contribution in [0.4, 0.5) is 0 Å². The van der Waals surface area contributed by atoms with E-state index >= 15 is 0 Å². The number of nitrogens with zero attached hydrogens (tertiary/aromatic N) is 1. The first-order valence-corrected chi connectivity index (χ1v) is 7.75. The lowest BCUT2D eigenvalue weighted by Gasteiger charge is -2.45. The van der Waals surface area contributed by atoms with Crippen LogP contribution in [0.25, 0.3) is 0 Å². The van der Waals surface area contributed by atoms with Crippen molar-refractivity contribution in [1.82, 2.24) is 4.90 Å². The van der Waals surface area contributed by atoms with Gasteiger partial charge in [0.25, 0.3) is 0 Å². The Morgan fingerprint density at radius 3 is 2.42 bits per heavy atom. The molecule has 3 rings (SSSR count). The topological polar surface area (TPSA) is 12.5 Å². The van der Waals surface area contributed by atoms with Crippen molar-refractivity contribution in [3.05, 3.63) is 29.8 Å².